The van der Waals surface area contributed by atoms with Crippen LogP contribution in [0.2, 0.25) is 0 Å². The number of carboxylic acids is 1. The molecule has 0 aliphatic heterocycles. The summed E-state index contributed by atoms with van der Waals surface area (Å²) < 4.78 is 0. The van der Waals surface area contributed by atoms with Crippen molar-refractivity contribution < 1.29 is 33.9 Å². The molecule has 3 heteroatoms. The molecule has 0 amide bonds. The second kappa shape index (κ2) is 4.20. The van der Waals surface area contributed by atoms with E-state index in [-0.39, 0.29) is 24.0 Å². The molecular formula is C2H3IO2-2. The lowest BCUT2D eigenvalue weighted by molar-refractivity contribution is -0.302. The van der Waals surface area contributed by atoms with E-state index in [0.29, 0.717) is 0 Å². The molecule has 0 spiro atoms. The molecule has 0 rings (SSSR count). The molecule has 0 radical (unpaired) electrons. The Bertz CT molecular complexity index is 30.6. The molecule has 0 N–H and O–H groups in total. The van der Waals surface area contributed by atoms with E-state index in [9.17, 15) is 0 Å². The minimum absolute atomic E-state index is 0. The minimum atomic E-state index is -1.08. The summed E-state index contributed by atoms with van der Waals surface area (Å²) in [4.78, 5) is 8.89. The maximum absolute atomic E-state index is 8.89. The highest BCUT2D eigenvalue weighted by Crippen LogP contribution is 1.31. The van der Waals surface area contributed by atoms with Gasteiger partial charge in [0.05, 0.1) is 0 Å². The van der Waals surface area contributed by atoms with Crippen LogP contribution in [-0.2, 0) is 4.79 Å². The topological polar surface area (TPSA) is 40.1 Å². The predicted molar refractivity (Wildman–Crippen MR) is 10.7 cm³/mol. The number of carbonyl (C=O) groups excluding carboxylic acids is 1. The van der Waals surface area contributed by atoms with E-state index in [2.05, 4.69) is 0 Å². The van der Waals surface area contributed by atoms with Crippen LogP contribution in [0.1, 0.15) is 6.92 Å². The number of hydrogen-bond acceptors (Lipinski definition) is 2. The lowest BCUT2D eigenvalue weighted by Crippen LogP contribution is -3.00. The van der Waals surface area contributed by atoms with Crippen LogP contribution < -0.4 is 29.1 Å². The van der Waals surface area contributed by atoms with Crippen LogP contribution in [0.15, 0.2) is 0 Å². The molecule has 0 aliphatic carbocycles. The van der Waals surface area contributed by atoms with Crippen LogP contribution in [0.25, 0.3) is 0 Å². The van der Waals surface area contributed by atoms with Gasteiger partial charge >= 0.3 is 0 Å². The first-order valence-corrected chi connectivity index (χ1v) is 0.908. The fraction of sp³-hybridized carbons (Fsp3) is 0.500. The average Bonchev–Trinajstić information content (AvgIpc) is 0.811. The van der Waals surface area contributed by atoms with Crippen molar-refractivity contribution in [2.75, 3.05) is 0 Å². The van der Waals surface area contributed by atoms with Crippen LogP contribution in [0, 0.1) is 0 Å². The zero-order valence-electron chi connectivity index (χ0n) is 2.69. The van der Waals surface area contributed by atoms with Crippen LogP contribution in [0.3, 0.4) is 0 Å². The van der Waals surface area contributed by atoms with Crippen molar-refractivity contribution in [3.63, 3.8) is 0 Å². The molecule has 0 saturated heterocycles. The van der Waals surface area contributed by atoms with Crippen LogP contribution in [0.4, 0.5) is 0 Å². The second-order valence-electron chi connectivity index (χ2n) is 0.492. The summed E-state index contributed by atoms with van der Waals surface area (Å²) in [7, 11) is 0. The van der Waals surface area contributed by atoms with E-state index in [1.54, 1.807) is 0 Å². The number of aliphatic carboxylic acids is 1. The molecule has 0 aromatic rings. The quantitative estimate of drug-likeness (QED) is 0.359. The Morgan fingerprint density at radius 3 is 1.80 bits per heavy atom. The Morgan fingerprint density at radius 2 is 1.80 bits per heavy atom. The summed E-state index contributed by atoms with van der Waals surface area (Å²) in [5, 5.41) is 8.89. The summed E-state index contributed by atoms with van der Waals surface area (Å²) >= 11 is 0. The smallest absolute Gasteiger partial charge is 0.0383 e. The largest absolute Gasteiger partial charge is 1.00 e. The fourth-order valence-electron chi connectivity index (χ4n) is 0. The molecule has 2 nitrogen and oxygen atoms in total. The Kier molecular flexibility index (Phi) is 7.52. The van der Waals surface area contributed by atoms with Crippen molar-refractivity contribution in [3.8, 4) is 0 Å². The van der Waals surface area contributed by atoms with Gasteiger partial charge < -0.3 is 33.9 Å². The molecule has 0 aliphatic rings. The van der Waals surface area contributed by atoms with Gasteiger partial charge in [-0.1, -0.05) is 0 Å². The van der Waals surface area contributed by atoms with E-state index in [1.165, 1.54) is 0 Å². The fourth-order valence-corrected chi connectivity index (χ4v) is 0. The molecule has 0 saturated carbocycles. The van der Waals surface area contributed by atoms with Crippen molar-refractivity contribution in [3.05, 3.63) is 0 Å². The van der Waals surface area contributed by atoms with Crippen molar-refractivity contribution in [1.82, 2.24) is 0 Å². The van der Waals surface area contributed by atoms with Gasteiger partial charge in [0.2, 0.25) is 0 Å². The van der Waals surface area contributed by atoms with Crippen molar-refractivity contribution in [1.29, 1.82) is 0 Å². The second-order valence-corrected chi connectivity index (χ2v) is 0.492. The van der Waals surface area contributed by atoms with E-state index in [1.807, 2.05) is 0 Å². The molecule has 0 aromatic carbocycles. The van der Waals surface area contributed by atoms with Crippen molar-refractivity contribution in [2.24, 2.45) is 0 Å². The van der Waals surface area contributed by atoms with Gasteiger partial charge in [0.15, 0.2) is 0 Å². The number of carbonyl (C=O) groups is 1. The van der Waals surface area contributed by atoms with Gasteiger partial charge in [0.1, 0.15) is 0 Å². The highest BCUT2D eigenvalue weighted by molar-refractivity contribution is 5.60. The maximum Gasteiger partial charge on any atom is 0.0383 e. The third-order valence-electron chi connectivity index (χ3n) is 0. The summed E-state index contributed by atoms with van der Waals surface area (Å²) in [5.41, 5.74) is 0. The van der Waals surface area contributed by atoms with E-state index in [0.717, 1.165) is 6.92 Å². The maximum atomic E-state index is 8.89. The molecular weight excluding hydrogens is 183 g/mol. The Balaban J connectivity index is 0. The third-order valence-corrected chi connectivity index (χ3v) is 0. The monoisotopic (exact) mass is 186 g/mol. The van der Waals surface area contributed by atoms with E-state index in [4.69, 9.17) is 9.90 Å². The molecule has 32 valence electrons. The SMILES string of the molecule is CC(=O)[O-].[I-]. The predicted octanol–water partition coefficient (Wildman–Crippen LogP) is -4.24. The Morgan fingerprint density at radius 1 is 1.80 bits per heavy atom. The van der Waals surface area contributed by atoms with Gasteiger partial charge in [0, 0.05) is 5.97 Å². The van der Waals surface area contributed by atoms with Gasteiger partial charge in [-0.05, 0) is 6.92 Å². The number of carboxylic acid groups (broad SMARTS) is 1. The summed E-state index contributed by atoms with van der Waals surface area (Å²) in [6.07, 6.45) is 0. The van der Waals surface area contributed by atoms with Gasteiger partial charge in [-0.25, -0.2) is 0 Å². The zero-order valence-corrected chi connectivity index (χ0v) is 4.85. The Hall–Kier alpha value is 0.200. The summed E-state index contributed by atoms with van der Waals surface area (Å²) in [5.74, 6) is -1.08. The zero-order chi connectivity index (χ0) is 3.58. The van der Waals surface area contributed by atoms with Crippen LogP contribution >= 0.6 is 0 Å². The third kappa shape index (κ3) is 508. The van der Waals surface area contributed by atoms with Crippen LogP contribution in [-0.4, -0.2) is 5.97 Å². The number of hydrogen-bond donors (Lipinski definition) is 0. The van der Waals surface area contributed by atoms with Gasteiger partial charge in [0.25, 0.3) is 0 Å². The van der Waals surface area contributed by atoms with Crippen molar-refractivity contribution in [2.45, 2.75) is 6.92 Å². The standard InChI is InChI=1S/C2H4O2.HI/c1-2(3)4;/h1H3,(H,3,4);1H/p-2. The first-order valence-electron chi connectivity index (χ1n) is 0.908. The van der Waals surface area contributed by atoms with Crippen LogP contribution in [0.5, 0.6) is 0 Å². The normalized spacial score (nSPS) is 5.00. The highest BCUT2D eigenvalue weighted by atomic mass is 127. The van der Waals surface area contributed by atoms with E-state index < -0.39 is 5.97 Å². The molecule has 0 unspecified atom stereocenters. The first kappa shape index (κ1) is 8.96. The molecule has 0 bridgehead atoms. The molecule has 0 atom stereocenters. The first-order chi connectivity index (χ1) is 1.73. The number of halogens is 1. The summed E-state index contributed by atoms with van der Waals surface area (Å²) in [6.45, 7) is 0.972. The lowest BCUT2D eigenvalue weighted by atomic mass is 10.9. The molecule has 0 aromatic heterocycles. The van der Waals surface area contributed by atoms with Crippen molar-refractivity contribution >= 4 is 5.97 Å². The summed E-state index contributed by atoms with van der Waals surface area (Å²) in [6, 6.07) is 0. The minimum Gasteiger partial charge on any atom is -1.00 e. The van der Waals surface area contributed by atoms with E-state index >= 15 is 0 Å². The Labute approximate surface area is 47.2 Å². The lowest BCUT2D eigenvalue weighted by Gasteiger charge is -1.77. The highest BCUT2D eigenvalue weighted by Gasteiger charge is 1.46. The molecule has 0 fully saturated rings. The molecule has 0 heterocycles. The van der Waals surface area contributed by atoms with Gasteiger partial charge in [-0.15, -0.1) is 0 Å². The van der Waals surface area contributed by atoms with Gasteiger partial charge in [-0.2, -0.15) is 0 Å². The molecule has 5 heavy (non-hydrogen) atoms. The number of rotatable bonds is 0. The van der Waals surface area contributed by atoms with Gasteiger partial charge in [-0.3, -0.25) is 0 Å². The average molecular weight is 186 g/mol.